The van der Waals surface area contributed by atoms with E-state index < -0.39 is 4.92 Å². The Bertz CT molecular complexity index is 887. The molecule has 1 aliphatic rings. The van der Waals surface area contributed by atoms with Crippen LogP contribution in [0.15, 0.2) is 46.5 Å². The van der Waals surface area contributed by atoms with Gasteiger partial charge < -0.3 is 9.32 Å². The maximum atomic E-state index is 12.1. The number of likely N-dealkylation sites (N-methyl/N-ethyl adjacent to an activating group) is 2. The van der Waals surface area contributed by atoms with Crippen LogP contribution in [0.1, 0.15) is 5.76 Å². The molecule has 0 spiro atoms. The van der Waals surface area contributed by atoms with Crippen LogP contribution in [-0.4, -0.2) is 39.8 Å². The Balaban J connectivity index is 1.98. The number of furan rings is 1. The first-order chi connectivity index (χ1) is 11.4. The van der Waals surface area contributed by atoms with Crippen LogP contribution in [-0.2, 0) is 4.79 Å². The van der Waals surface area contributed by atoms with Crippen LogP contribution < -0.4 is 0 Å². The highest BCUT2D eigenvalue weighted by Crippen LogP contribution is 2.32. The number of rotatable bonds is 3. The Labute approximate surface area is 142 Å². The molecule has 1 fully saturated rings. The van der Waals surface area contributed by atoms with Crippen molar-refractivity contribution in [2.45, 2.75) is 0 Å². The van der Waals surface area contributed by atoms with E-state index in [1.165, 1.54) is 11.0 Å². The van der Waals surface area contributed by atoms with Crippen LogP contribution in [0.3, 0.4) is 0 Å². The van der Waals surface area contributed by atoms with Gasteiger partial charge in [0.1, 0.15) is 17.2 Å². The standard InChI is InChI=1S/C16H13N3O4S/c1-17-13(15(20)18(2)16(17)24)9-10-7-8-14(23-10)11-5-3-4-6-12(11)19(21)22/h3-9H,1-2H3/b13-9-. The minimum absolute atomic E-state index is 0.0407. The number of benzene rings is 1. The first kappa shape index (κ1) is 15.9. The molecule has 7 nitrogen and oxygen atoms in total. The fourth-order valence-electron chi connectivity index (χ4n) is 2.44. The van der Waals surface area contributed by atoms with Crippen molar-refractivity contribution in [2.75, 3.05) is 14.1 Å². The molecular weight excluding hydrogens is 330 g/mol. The number of amides is 1. The molecule has 0 bridgehead atoms. The second-order valence-electron chi connectivity index (χ2n) is 5.21. The third-order valence-corrected chi connectivity index (χ3v) is 4.28. The van der Waals surface area contributed by atoms with Crippen molar-refractivity contribution in [1.29, 1.82) is 0 Å². The van der Waals surface area contributed by atoms with Gasteiger partial charge in [-0.2, -0.15) is 0 Å². The second-order valence-corrected chi connectivity index (χ2v) is 5.58. The summed E-state index contributed by atoms with van der Waals surface area (Å²) in [6.45, 7) is 0. The van der Waals surface area contributed by atoms with Crippen LogP contribution in [0.5, 0.6) is 0 Å². The number of carbonyl (C=O) groups excluding carboxylic acids is 1. The van der Waals surface area contributed by atoms with E-state index in [4.69, 9.17) is 16.6 Å². The second kappa shape index (κ2) is 5.89. The molecule has 8 heteroatoms. The van der Waals surface area contributed by atoms with Gasteiger partial charge in [0.25, 0.3) is 11.6 Å². The molecule has 1 saturated heterocycles. The predicted molar refractivity (Wildman–Crippen MR) is 91.9 cm³/mol. The van der Waals surface area contributed by atoms with Crippen molar-refractivity contribution < 1.29 is 14.1 Å². The molecule has 1 aliphatic heterocycles. The minimum atomic E-state index is -0.461. The van der Waals surface area contributed by atoms with E-state index in [1.807, 2.05) is 0 Å². The zero-order chi connectivity index (χ0) is 17.4. The topological polar surface area (TPSA) is 79.8 Å². The summed E-state index contributed by atoms with van der Waals surface area (Å²) in [5.41, 5.74) is 0.720. The highest BCUT2D eigenvalue weighted by molar-refractivity contribution is 7.80. The smallest absolute Gasteiger partial charge is 0.280 e. The lowest BCUT2D eigenvalue weighted by atomic mass is 10.1. The Hall–Kier alpha value is -3.00. The normalized spacial score (nSPS) is 16.3. The van der Waals surface area contributed by atoms with Crippen LogP contribution in [0.2, 0.25) is 0 Å². The molecule has 0 aliphatic carbocycles. The fourth-order valence-corrected chi connectivity index (χ4v) is 2.62. The van der Waals surface area contributed by atoms with E-state index in [1.54, 1.807) is 55.4 Å². The average Bonchev–Trinajstić information content (AvgIpc) is 3.11. The molecule has 0 atom stereocenters. The zero-order valence-electron chi connectivity index (χ0n) is 12.9. The number of nitrogens with zero attached hydrogens (tertiary/aromatic N) is 3. The van der Waals surface area contributed by atoms with E-state index in [-0.39, 0.29) is 11.6 Å². The first-order valence-corrected chi connectivity index (χ1v) is 7.42. The molecule has 122 valence electrons. The van der Waals surface area contributed by atoms with Crippen molar-refractivity contribution in [3.63, 3.8) is 0 Å². The van der Waals surface area contributed by atoms with Gasteiger partial charge in [-0.05, 0) is 30.4 Å². The Morgan fingerprint density at radius 3 is 2.50 bits per heavy atom. The van der Waals surface area contributed by atoms with E-state index in [9.17, 15) is 14.9 Å². The van der Waals surface area contributed by atoms with Gasteiger partial charge in [0.15, 0.2) is 5.11 Å². The van der Waals surface area contributed by atoms with Crippen LogP contribution >= 0.6 is 12.2 Å². The molecule has 2 aromatic rings. The van der Waals surface area contributed by atoms with E-state index in [2.05, 4.69) is 0 Å². The summed E-state index contributed by atoms with van der Waals surface area (Å²) < 4.78 is 5.67. The highest BCUT2D eigenvalue weighted by atomic mass is 32.1. The SMILES string of the molecule is CN1C(=O)/C(=C/c2ccc(-c3ccccc3[N+](=O)[O-])o2)N(C)C1=S. The van der Waals surface area contributed by atoms with E-state index in [0.717, 1.165) is 0 Å². The van der Waals surface area contributed by atoms with Crippen molar-refractivity contribution >= 4 is 35.0 Å². The lowest BCUT2D eigenvalue weighted by Gasteiger charge is -2.10. The Kier molecular flexibility index (Phi) is 3.90. The van der Waals surface area contributed by atoms with Crippen molar-refractivity contribution in [1.82, 2.24) is 9.80 Å². The summed E-state index contributed by atoms with van der Waals surface area (Å²) in [5.74, 6) is 0.542. The van der Waals surface area contributed by atoms with Gasteiger partial charge in [-0.1, -0.05) is 12.1 Å². The maximum absolute atomic E-state index is 12.1. The van der Waals surface area contributed by atoms with Crippen molar-refractivity contribution in [3.05, 3.63) is 58.0 Å². The molecule has 1 aromatic carbocycles. The third-order valence-electron chi connectivity index (χ3n) is 3.73. The summed E-state index contributed by atoms with van der Waals surface area (Å²) in [4.78, 5) is 25.8. The molecule has 0 N–H and O–H groups in total. The molecule has 0 unspecified atom stereocenters. The number of thiocarbonyl (C=S) groups is 1. The fraction of sp³-hybridized carbons (Fsp3) is 0.125. The zero-order valence-corrected chi connectivity index (χ0v) is 13.7. The number of hydrogen-bond acceptors (Lipinski definition) is 5. The van der Waals surface area contributed by atoms with Crippen molar-refractivity contribution in [3.8, 4) is 11.3 Å². The molecule has 0 radical (unpaired) electrons. The number of nitro benzene ring substituents is 1. The number of nitro groups is 1. The van der Waals surface area contributed by atoms with Gasteiger partial charge in [-0.25, -0.2) is 0 Å². The molecule has 1 aromatic heterocycles. The van der Waals surface area contributed by atoms with Crippen molar-refractivity contribution in [2.24, 2.45) is 0 Å². The number of hydrogen-bond donors (Lipinski definition) is 0. The Morgan fingerprint density at radius 2 is 1.88 bits per heavy atom. The van der Waals surface area contributed by atoms with Crippen LogP contribution in [0.4, 0.5) is 5.69 Å². The average molecular weight is 343 g/mol. The molecule has 1 amide bonds. The largest absolute Gasteiger partial charge is 0.456 e. The van der Waals surface area contributed by atoms with Gasteiger partial charge >= 0.3 is 0 Å². The van der Waals surface area contributed by atoms with Gasteiger partial charge in [0.05, 0.1) is 10.5 Å². The van der Waals surface area contributed by atoms with Gasteiger partial charge in [0.2, 0.25) is 0 Å². The summed E-state index contributed by atoms with van der Waals surface area (Å²) in [6, 6.07) is 9.61. The third kappa shape index (κ3) is 2.56. The summed E-state index contributed by atoms with van der Waals surface area (Å²) >= 11 is 5.15. The quantitative estimate of drug-likeness (QED) is 0.369. The van der Waals surface area contributed by atoms with Gasteiger partial charge in [-0.15, -0.1) is 0 Å². The molecule has 0 saturated carbocycles. The molecular formula is C16H13N3O4S. The van der Waals surface area contributed by atoms with Gasteiger partial charge in [-0.3, -0.25) is 19.8 Å². The predicted octanol–water partition coefficient (Wildman–Crippen LogP) is 2.88. The monoisotopic (exact) mass is 343 g/mol. The lowest BCUT2D eigenvalue weighted by molar-refractivity contribution is -0.384. The molecule has 3 rings (SSSR count). The summed E-state index contributed by atoms with van der Waals surface area (Å²) in [6.07, 6.45) is 1.57. The Morgan fingerprint density at radius 1 is 1.17 bits per heavy atom. The van der Waals surface area contributed by atoms with E-state index >= 15 is 0 Å². The maximum Gasteiger partial charge on any atom is 0.280 e. The summed E-state index contributed by atoms with van der Waals surface area (Å²) in [5, 5.41) is 11.5. The van der Waals surface area contributed by atoms with Gasteiger partial charge in [0, 0.05) is 26.2 Å². The number of para-hydroxylation sites is 1. The minimum Gasteiger partial charge on any atom is -0.456 e. The van der Waals surface area contributed by atoms with E-state index in [0.29, 0.717) is 27.9 Å². The van der Waals surface area contributed by atoms with Crippen LogP contribution in [0, 0.1) is 10.1 Å². The molecule has 2 heterocycles. The number of carbonyl (C=O) groups is 1. The summed E-state index contributed by atoms with van der Waals surface area (Å²) in [7, 11) is 3.30. The molecule has 24 heavy (non-hydrogen) atoms. The first-order valence-electron chi connectivity index (χ1n) is 7.01. The lowest BCUT2D eigenvalue weighted by Crippen LogP contribution is -2.26. The highest BCUT2D eigenvalue weighted by Gasteiger charge is 2.33. The van der Waals surface area contributed by atoms with Crippen LogP contribution in [0.25, 0.3) is 17.4 Å².